The smallest absolute Gasteiger partial charge is 0.265 e. The standard InChI is InChI=1S/C24H21N5O2S/c1-15-11-16-7-5-6-10-20(16)27(15)21(30)12-18-14-32-24-26-22-19(23(31)28(18)24)13-25-29(22)17-8-3-2-4-9-17/h2-10,13,15,18H,11-12,14H2,1H3. The average Bonchev–Trinajstić information content (AvgIpc) is 3.49. The Balaban J connectivity index is 1.34. The minimum atomic E-state index is -0.216. The Morgan fingerprint density at radius 3 is 2.75 bits per heavy atom. The second-order valence-electron chi connectivity index (χ2n) is 8.31. The summed E-state index contributed by atoms with van der Waals surface area (Å²) < 4.78 is 3.38. The Bertz CT molecular complexity index is 1410. The van der Waals surface area contributed by atoms with Crippen LogP contribution in [0.5, 0.6) is 0 Å². The number of rotatable bonds is 3. The predicted octanol–water partition coefficient (Wildman–Crippen LogP) is 3.60. The molecule has 4 heterocycles. The molecule has 160 valence electrons. The van der Waals surface area contributed by atoms with Crippen LogP contribution < -0.4 is 10.5 Å². The second kappa shape index (κ2) is 7.34. The van der Waals surface area contributed by atoms with Crippen LogP contribution in [0.4, 0.5) is 5.69 Å². The largest absolute Gasteiger partial charge is 0.309 e. The first-order valence-corrected chi connectivity index (χ1v) is 11.7. The van der Waals surface area contributed by atoms with Gasteiger partial charge in [0.1, 0.15) is 5.39 Å². The van der Waals surface area contributed by atoms with Gasteiger partial charge in [-0.25, -0.2) is 9.67 Å². The van der Waals surface area contributed by atoms with Crippen molar-refractivity contribution in [2.75, 3.05) is 10.7 Å². The minimum Gasteiger partial charge on any atom is -0.309 e. The SMILES string of the molecule is CC1Cc2ccccc2N1C(=O)CC1CSc2nc3c(cnn3-c3ccccc3)c(=O)n21. The van der Waals surface area contributed by atoms with Crippen LogP contribution in [0.1, 0.15) is 24.9 Å². The highest BCUT2D eigenvalue weighted by Gasteiger charge is 2.35. The molecule has 0 N–H and O–H groups in total. The van der Waals surface area contributed by atoms with Crippen LogP contribution in [0.15, 0.2) is 70.7 Å². The molecule has 0 bridgehead atoms. The third-order valence-electron chi connectivity index (χ3n) is 6.26. The summed E-state index contributed by atoms with van der Waals surface area (Å²) in [5.74, 6) is 0.705. The number of amides is 1. The van der Waals surface area contributed by atoms with E-state index in [0.717, 1.165) is 17.8 Å². The van der Waals surface area contributed by atoms with Crippen molar-refractivity contribution in [1.82, 2.24) is 19.3 Å². The molecule has 0 fully saturated rings. The molecule has 1 amide bonds. The number of benzene rings is 2. The molecule has 0 radical (unpaired) electrons. The summed E-state index contributed by atoms with van der Waals surface area (Å²) in [6, 6.07) is 17.6. The molecule has 8 heteroatoms. The quantitative estimate of drug-likeness (QED) is 0.453. The Hall–Kier alpha value is -3.39. The van der Waals surface area contributed by atoms with Crippen molar-refractivity contribution < 1.29 is 4.79 Å². The number of carbonyl (C=O) groups excluding carboxylic acids is 1. The van der Waals surface area contributed by atoms with Crippen LogP contribution in [0, 0.1) is 0 Å². The molecule has 2 aliphatic rings. The maximum absolute atomic E-state index is 13.4. The highest BCUT2D eigenvalue weighted by atomic mass is 32.2. The molecule has 0 saturated heterocycles. The van der Waals surface area contributed by atoms with Crippen molar-refractivity contribution in [3.8, 4) is 5.69 Å². The van der Waals surface area contributed by atoms with E-state index in [-0.39, 0.29) is 30.0 Å². The van der Waals surface area contributed by atoms with Crippen molar-refractivity contribution in [2.24, 2.45) is 0 Å². The summed E-state index contributed by atoms with van der Waals surface area (Å²) in [6.45, 7) is 2.07. The lowest BCUT2D eigenvalue weighted by Crippen LogP contribution is -2.38. The minimum absolute atomic E-state index is 0.0490. The number of thioether (sulfide) groups is 1. The van der Waals surface area contributed by atoms with Crippen LogP contribution in [0.2, 0.25) is 0 Å². The molecule has 2 unspecified atom stereocenters. The van der Waals surface area contributed by atoms with Gasteiger partial charge in [0.05, 0.1) is 17.9 Å². The third kappa shape index (κ3) is 2.90. The van der Waals surface area contributed by atoms with E-state index in [9.17, 15) is 9.59 Å². The van der Waals surface area contributed by atoms with Crippen molar-refractivity contribution in [3.05, 3.63) is 76.7 Å². The lowest BCUT2D eigenvalue weighted by Gasteiger charge is -2.24. The number of hydrogen-bond donors (Lipinski definition) is 0. The van der Waals surface area contributed by atoms with Gasteiger partial charge in [-0.15, -0.1) is 0 Å². The van der Waals surface area contributed by atoms with E-state index in [1.54, 1.807) is 15.4 Å². The summed E-state index contributed by atoms with van der Waals surface area (Å²) in [4.78, 5) is 33.3. The van der Waals surface area contributed by atoms with Gasteiger partial charge in [-0.2, -0.15) is 5.10 Å². The fraction of sp³-hybridized carbons (Fsp3) is 0.250. The molecule has 2 aromatic heterocycles. The fourth-order valence-corrected chi connectivity index (χ4v) is 5.91. The number of nitrogens with zero attached hydrogens (tertiary/aromatic N) is 5. The first-order chi connectivity index (χ1) is 15.6. The van der Waals surface area contributed by atoms with Gasteiger partial charge in [-0.1, -0.05) is 48.2 Å². The van der Waals surface area contributed by atoms with E-state index in [4.69, 9.17) is 4.98 Å². The van der Waals surface area contributed by atoms with Crippen molar-refractivity contribution in [2.45, 2.75) is 37.0 Å². The first-order valence-electron chi connectivity index (χ1n) is 10.7. The van der Waals surface area contributed by atoms with Crippen LogP contribution in [0.25, 0.3) is 16.7 Å². The summed E-state index contributed by atoms with van der Waals surface area (Å²) in [5, 5.41) is 5.52. The van der Waals surface area contributed by atoms with Gasteiger partial charge >= 0.3 is 0 Å². The van der Waals surface area contributed by atoms with Gasteiger partial charge in [0.15, 0.2) is 10.8 Å². The zero-order valence-corrected chi connectivity index (χ0v) is 18.3. The van der Waals surface area contributed by atoms with Crippen LogP contribution in [0.3, 0.4) is 0 Å². The van der Waals surface area contributed by atoms with E-state index in [0.29, 0.717) is 21.9 Å². The molecule has 2 atom stereocenters. The Morgan fingerprint density at radius 1 is 1.12 bits per heavy atom. The molecule has 6 rings (SSSR count). The van der Waals surface area contributed by atoms with Crippen LogP contribution >= 0.6 is 11.8 Å². The third-order valence-corrected chi connectivity index (χ3v) is 7.36. The van der Waals surface area contributed by atoms with E-state index < -0.39 is 0 Å². The van der Waals surface area contributed by atoms with E-state index >= 15 is 0 Å². The summed E-state index contributed by atoms with van der Waals surface area (Å²) in [6.07, 6.45) is 2.71. The monoisotopic (exact) mass is 443 g/mol. The predicted molar refractivity (Wildman–Crippen MR) is 125 cm³/mol. The van der Waals surface area contributed by atoms with Crippen molar-refractivity contribution >= 4 is 34.4 Å². The van der Waals surface area contributed by atoms with Gasteiger partial charge in [0, 0.05) is 23.9 Å². The molecule has 0 saturated carbocycles. The van der Waals surface area contributed by atoms with Crippen molar-refractivity contribution in [1.29, 1.82) is 0 Å². The molecule has 32 heavy (non-hydrogen) atoms. The van der Waals surface area contributed by atoms with Crippen LogP contribution in [-0.2, 0) is 11.2 Å². The lowest BCUT2D eigenvalue weighted by molar-refractivity contribution is -0.119. The maximum Gasteiger partial charge on any atom is 0.265 e. The first kappa shape index (κ1) is 19.3. The van der Waals surface area contributed by atoms with E-state index in [1.165, 1.54) is 17.3 Å². The Labute approximate surface area is 188 Å². The molecular formula is C24H21N5O2S. The molecular weight excluding hydrogens is 422 g/mol. The summed E-state index contributed by atoms with van der Waals surface area (Å²) in [5.41, 5.74) is 3.46. The molecule has 2 aliphatic heterocycles. The van der Waals surface area contributed by atoms with Crippen LogP contribution in [-0.4, -0.2) is 37.0 Å². The zero-order chi connectivity index (χ0) is 21.8. The second-order valence-corrected chi connectivity index (χ2v) is 9.30. The average molecular weight is 444 g/mol. The molecule has 4 aromatic rings. The summed E-state index contributed by atoms with van der Waals surface area (Å²) >= 11 is 1.52. The number of hydrogen-bond acceptors (Lipinski definition) is 5. The molecule has 0 spiro atoms. The van der Waals surface area contributed by atoms with Gasteiger partial charge in [0.25, 0.3) is 5.56 Å². The Morgan fingerprint density at radius 2 is 1.91 bits per heavy atom. The number of anilines is 1. The van der Waals surface area contributed by atoms with Gasteiger partial charge in [-0.05, 0) is 37.1 Å². The number of aromatic nitrogens is 4. The zero-order valence-electron chi connectivity index (χ0n) is 17.5. The maximum atomic E-state index is 13.4. The van der Waals surface area contributed by atoms with Gasteiger partial charge < -0.3 is 4.90 Å². The number of fused-ring (bicyclic) bond motifs is 3. The van der Waals surface area contributed by atoms with Gasteiger partial charge in [0.2, 0.25) is 5.91 Å². The number of carbonyl (C=O) groups is 1. The van der Waals surface area contributed by atoms with E-state index in [2.05, 4.69) is 18.1 Å². The highest BCUT2D eigenvalue weighted by Crippen LogP contribution is 2.37. The highest BCUT2D eigenvalue weighted by molar-refractivity contribution is 7.99. The Kier molecular flexibility index (Phi) is 4.43. The van der Waals surface area contributed by atoms with Gasteiger partial charge in [-0.3, -0.25) is 14.2 Å². The number of para-hydroxylation sites is 2. The molecule has 7 nitrogen and oxygen atoms in total. The fourth-order valence-electron chi connectivity index (χ4n) is 4.78. The topological polar surface area (TPSA) is 73.0 Å². The summed E-state index contributed by atoms with van der Waals surface area (Å²) in [7, 11) is 0. The van der Waals surface area contributed by atoms with E-state index in [1.807, 2.05) is 53.4 Å². The normalized spacial score (nSPS) is 19.3. The molecule has 0 aliphatic carbocycles. The van der Waals surface area contributed by atoms with Crippen molar-refractivity contribution in [3.63, 3.8) is 0 Å². The molecule has 2 aromatic carbocycles. The lowest BCUT2D eigenvalue weighted by atomic mass is 10.1.